The van der Waals surface area contributed by atoms with Gasteiger partial charge in [-0.25, -0.2) is 0 Å². The molecule has 0 spiro atoms. The van der Waals surface area contributed by atoms with E-state index in [-0.39, 0.29) is 0 Å². The summed E-state index contributed by atoms with van der Waals surface area (Å²) in [4.78, 5) is 2.57. The lowest BCUT2D eigenvalue weighted by atomic mass is 9.52. The summed E-state index contributed by atoms with van der Waals surface area (Å²) in [5, 5.41) is 8.89. The maximum Gasteiger partial charge on any atom is 0.0638 e. The molecule has 0 amide bonds. The normalized spacial score (nSPS) is 44.9. The second kappa shape index (κ2) is 3.99. The predicted molar refractivity (Wildman–Crippen MR) is 68.4 cm³/mol. The molecule has 0 aromatic heterocycles. The van der Waals surface area contributed by atoms with Crippen molar-refractivity contribution in [1.82, 2.24) is 4.90 Å². The van der Waals surface area contributed by atoms with Crippen LogP contribution in [0.3, 0.4) is 0 Å². The highest BCUT2D eigenvalue weighted by Crippen LogP contribution is 2.57. The zero-order valence-electron chi connectivity index (χ0n) is 11.2. The Labute approximate surface area is 105 Å². The Morgan fingerprint density at radius 1 is 1.18 bits per heavy atom. The largest absolute Gasteiger partial charge is 0.297 e. The van der Waals surface area contributed by atoms with Crippen molar-refractivity contribution < 1.29 is 0 Å². The molecule has 1 unspecified atom stereocenters. The molecule has 94 valence electrons. The molecule has 2 heteroatoms. The van der Waals surface area contributed by atoms with E-state index in [2.05, 4.69) is 24.9 Å². The summed E-state index contributed by atoms with van der Waals surface area (Å²) >= 11 is 0. The molecular formula is C15H24N2. The molecule has 0 N–H and O–H groups in total. The van der Waals surface area contributed by atoms with Crippen LogP contribution >= 0.6 is 0 Å². The highest BCUT2D eigenvalue weighted by Gasteiger charge is 2.53. The van der Waals surface area contributed by atoms with Crippen LogP contribution in [-0.2, 0) is 0 Å². The Bertz CT molecular complexity index is 306. The molecule has 4 aliphatic rings. The first kappa shape index (κ1) is 11.5. The minimum atomic E-state index is 0.427. The molecule has 0 radical (unpaired) electrons. The topological polar surface area (TPSA) is 27.0 Å². The average Bonchev–Trinajstić information content (AvgIpc) is 2.26. The number of hydrogen-bond donors (Lipinski definition) is 0. The van der Waals surface area contributed by atoms with Crippen molar-refractivity contribution in [2.75, 3.05) is 7.05 Å². The minimum Gasteiger partial charge on any atom is -0.297 e. The fraction of sp³-hybridized carbons (Fsp3) is 0.933. The van der Waals surface area contributed by atoms with Crippen LogP contribution in [0.2, 0.25) is 0 Å². The molecule has 4 saturated carbocycles. The van der Waals surface area contributed by atoms with Crippen LogP contribution in [0, 0.1) is 29.1 Å². The summed E-state index contributed by atoms with van der Waals surface area (Å²) in [5.74, 6) is 2.99. The third-order valence-corrected chi connectivity index (χ3v) is 5.80. The van der Waals surface area contributed by atoms with Gasteiger partial charge in [-0.3, -0.25) is 4.90 Å². The van der Waals surface area contributed by atoms with Gasteiger partial charge in [0.2, 0.25) is 0 Å². The fourth-order valence-electron chi connectivity index (χ4n) is 5.23. The first-order valence-corrected chi connectivity index (χ1v) is 7.23. The molecule has 4 bridgehead atoms. The lowest BCUT2D eigenvalue weighted by Gasteiger charge is -2.61. The molecule has 1 atom stereocenters. The Hall–Kier alpha value is -0.550. The van der Waals surface area contributed by atoms with Gasteiger partial charge in [-0.05, 0) is 70.3 Å². The monoisotopic (exact) mass is 232 g/mol. The van der Waals surface area contributed by atoms with Crippen molar-refractivity contribution in [3.05, 3.63) is 0 Å². The lowest BCUT2D eigenvalue weighted by molar-refractivity contribution is -0.0907. The van der Waals surface area contributed by atoms with E-state index >= 15 is 0 Å². The van der Waals surface area contributed by atoms with Gasteiger partial charge >= 0.3 is 0 Å². The quantitative estimate of drug-likeness (QED) is 0.747. The van der Waals surface area contributed by atoms with Gasteiger partial charge in [-0.2, -0.15) is 5.26 Å². The standard InChI is InChI=1S/C15H24N2/c1-11(3-4-16)17(2)15-8-12-5-13(9-15)7-14(6-12)10-15/h11-14H,3,5-10H2,1-2H3. The second-order valence-corrected chi connectivity index (χ2v) is 6.96. The third kappa shape index (κ3) is 1.80. The van der Waals surface area contributed by atoms with Gasteiger partial charge in [0.05, 0.1) is 12.5 Å². The van der Waals surface area contributed by atoms with E-state index in [1.54, 1.807) is 0 Å². The Balaban J connectivity index is 1.79. The molecule has 0 saturated heterocycles. The van der Waals surface area contributed by atoms with Crippen molar-refractivity contribution >= 4 is 0 Å². The lowest BCUT2D eigenvalue weighted by Crippen LogP contribution is -2.60. The van der Waals surface area contributed by atoms with E-state index in [0.717, 1.165) is 17.8 Å². The average molecular weight is 232 g/mol. The Morgan fingerprint density at radius 3 is 2.06 bits per heavy atom. The van der Waals surface area contributed by atoms with E-state index in [4.69, 9.17) is 5.26 Å². The summed E-state index contributed by atoms with van der Waals surface area (Å²) in [5.41, 5.74) is 0.463. The summed E-state index contributed by atoms with van der Waals surface area (Å²) in [6.45, 7) is 2.22. The van der Waals surface area contributed by atoms with E-state index in [0.29, 0.717) is 18.0 Å². The van der Waals surface area contributed by atoms with Crippen LogP contribution in [0.1, 0.15) is 51.9 Å². The smallest absolute Gasteiger partial charge is 0.0638 e. The van der Waals surface area contributed by atoms with Gasteiger partial charge in [0.1, 0.15) is 0 Å². The van der Waals surface area contributed by atoms with Gasteiger partial charge in [0.15, 0.2) is 0 Å². The molecule has 0 aromatic carbocycles. The minimum absolute atomic E-state index is 0.427. The highest BCUT2D eigenvalue weighted by atomic mass is 15.2. The Kier molecular flexibility index (Phi) is 2.70. The van der Waals surface area contributed by atoms with Gasteiger partial charge in [0.25, 0.3) is 0 Å². The van der Waals surface area contributed by atoms with Gasteiger partial charge in [0, 0.05) is 11.6 Å². The third-order valence-electron chi connectivity index (χ3n) is 5.80. The molecule has 2 nitrogen and oxygen atoms in total. The maximum atomic E-state index is 8.89. The first-order chi connectivity index (χ1) is 8.13. The van der Waals surface area contributed by atoms with Crippen LogP contribution in [-0.4, -0.2) is 23.5 Å². The van der Waals surface area contributed by atoms with Crippen LogP contribution in [0.25, 0.3) is 0 Å². The van der Waals surface area contributed by atoms with E-state index in [9.17, 15) is 0 Å². The molecular weight excluding hydrogens is 208 g/mol. The molecule has 0 heterocycles. The SMILES string of the molecule is CC(CC#N)N(C)C12CC3CC(CC(C3)C1)C2. The molecule has 0 aliphatic heterocycles. The van der Waals surface area contributed by atoms with Crippen LogP contribution < -0.4 is 0 Å². The maximum absolute atomic E-state index is 8.89. The zero-order valence-corrected chi connectivity index (χ0v) is 11.2. The number of nitrogens with zero attached hydrogens (tertiary/aromatic N) is 2. The van der Waals surface area contributed by atoms with Crippen LogP contribution in [0.5, 0.6) is 0 Å². The van der Waals surface area contributed by atoms with Crippen molar-refractivity contribution in [2.45, 2.75) is 63.5 Å². The van der Waals surface area contributed by atoms with E-state index in [1.165, 1.54) is 38.5 Å². The van der Waals surface area contributed by atoms with E-state index < -0.39 is 0 Å². The van der Waals surface area contributed by atoms with Crippen molar-refractivity contribution in [2.24, 2.45) is 17.8 Å². The molecule has 4 rings (SSSR count). The summed E-state index contributed by atoms with van der Waals surface area (Å²) < 4.78 is 0. The molecule has 4 fully saturated rings. The number of hydrogen-bond acceptors (Lipinski definition) is 2. The molecule has 4 aliphatic carbocycles. The number of rotatable bonds is 3. The first-order valence-electron chi connectivity index (χ1n) is 7.23. The Morgan fingerprint density at radius 2 is 1.65 bits per heavy atom. The fourth-order valence-corrected chi connectivity index (χ4v) is 5.23. The van der Waals surface area contributed by atoms with Gasteiger partial charge < -0.3 is 0 Å². The predicted octanol–water partition coefficient (Wildman–Crippen LogP) is 3.19. The molecule has 17 heavy (non-hydrogen) atoms. The zero-order chi connectivity index (χ0) is 12.0. The van der Waals surface area contributed by atoms with Crippen molar-refractivity contribution in [1.29, 1.82) is 5.26 Å². The van der Waals surface area contributed by atoms with Crippen LogP contribution in [0.4, 0.5) is 0 Å². The summed E-state index contributed by atoms with van der Waals surface area (Å²) in [7, 11) is 2.27. The molecule has 0 aromatic rings. The summed E-state index contributed by atoms with van der Waals surface area (Å²) in [6, 6.07) is 2.77. The van der Waals surface area contributed by atoms with E-state index in [1.807, 2.05) is 0 Å². The van der Waals surface area contributed by atoms with Crippen molar-refractivity contribution in [3.8, 4) is 6.07 Å². The highest BCUT2D eigenvalue weighted by molar-refractivity contribution is 5.07. The summed E-state index contributed by atoms with van der Waals surface area (Å²) in [6.07, 6.45) is 9.40. The van der Waals surface area contributed by atoms with Gasteiger partial charge in [-0.1, -0.05) is 0 Å². The number of nitriles is 1. The second-order valence-electron chi connectivity index (χ2n) is 6.96. The van der Waals surface area contributed by atoms with Gasteiger partial charge in [-0.15, -0.1) is 0 Å². The van der Waals surface area contributed by atoms with Crippen molar-refractivity contribution in [3.63, 3.8) is 0 Å². The van der Waals surface area contributed by atoms with Crippen LogP contribution in [0.15, 0.2) is 0 Å².